The standard InChI is InChI=1S/C10H13NO/c1-7-2-3-10-8(4-7)5-9(6-12)11-10/h2-4,9,11-12H,5-6H2,1H3. The number of anilines is 1. The lowest BCUT2D eigenvalue weighted by atomic mass is 10.1. The highest BCUT2D eigenvalue weighted by atomic mass is 16.3. The van der Waals surface area contributed by atoms with E-state index >= 15 is 0 Å². The molecule has 12 heavy (non-hydrogen) atoms. The molecule has 0 spiro atoms. The third-order valence-electron chi connectivity index (χ3n) is 2.31. The van der Waals surface area contributed by atoms with Crippen LogP contribution in [0.3, 0.4) is 0 Å². The van der Waals surface area contributed by atoms with Gasteiger partial charge < -0.3 is 10.4 Å². The molecule has 2 nitrogen and oxygen atoms in total. The number of aryl methyl sites for hydroxylation is 1. The van der Waals surface area contributed by atoms with Crippen LogP contribution in [0.15, 0.2) is 18.2 Å². The summed E-state index contributed by atoms with van der Waals surface area (Å²) in [7, 11) is 0. The van der Waals surface area contributed by atoms with E-state index in [0.717, 1.165) is 6.42 Å². The third-order valence-corrected chi connectivity index (χ3v) is 2.31. The Morgan fingerprint density at radius 3 is 3.17 bits per heavy atom. The average Bonchev–Trinajstić information content (AvgIpc) is 2.46. The van der Waals surface area contributed by atoms with Gasteiger partial charge in [0.1, 0.15) is 0 Å². The van der Waals surface area contributed by atoms with Crippen molar-refractivity contribution in [1.82, 2.24) is 0 Å². The van der Waals surface area contributed by atoms with Crippen molar-refractivity contribution < 1.29 is 5.11 Å². The predicted molar refractivity (Wildman–Crippen MR) is 49.4 cm³/mol. The molecule has 0 aromatic heterocycles. The zero-order valence-electron chi connectivity index (χ0n) is 7.17. The van der Waals surface area contributed by atoms with Gasteiger partial charge >= 0.3 is 0 Å². The van der Waals surface area contributed by atoms with Crippen LogP contribution in [0.4, 0.5) is 5.69 Å². The second-order valence-corrected chi connectivity index (χ2v) is 3.39. The quantitative estimate of drug-likeness (QED) is 0.654. The minimum atomic E-state index is 0.216. The van der Waals surface area contributed by atoms with Crippen LogP contribution >= 0.6 is 0 Å². The first-order valence-corrected chi connectivity index (χ1v) is 4.26. The molecule has 2 rings (SSSR count). The molecule has 1 aliphatic rings. The Labute approximate surface area is 72.2 Å². The van der Waals surface area contributed by atoms with Gasteiger partial charge in [0.15, 0.2) is 0 Å². The molecule has 1 unspecified atom stereocenters. The molecule has 1 heterocycles. The van der Waals surface area contributed by atoms with E-state index in [2.05, 4.69) is 30.4 Å². The Morgan fingerprint density at radius 1 is 1.58 bits per heavy atom. The van der Waals surface area contributed by atoms with Gasteiger partial charge in [-0.2, -0.15) is 0 Å². The van der Waals surface area contributed by atoms with Crippen molar-refractivity contribution in [3.05, 3.63) is 29.3 Å². The lowest BCUT2D eigenvalue weighted by Gasteiger charge is -2.04. The number of benzene rings is 1. The van der Waals surface area contributed by atoms with Crippen molar-refractivity contribution in [2.45, 2.75) is 19.4 Å². The molecule has 2 heteroatoms. The molecule has 0 amide bonds. The monoisotopic (exact) mass is 163 g/mol. The molecule has 0 fully saturated rings. The Balaban J connectivity index is 2.30. The molecule has 0 bridgehead atoms. The molecule has 1 aliphatic heterocycles. The first-order valence-electron chi connectivity index (χ1n) is 4.26. The second-order valence-electron chi connectivity index (χ2n) is 3.39. The van der Waals surface area contributed by atoms with Crippen LogP contribution in [0.1, 0.15) is 11.1 Å². The van der Waals surface area contributed by atoms with E-state index in [4.69, 9.17) is 5.11 Å². The molecule has 1 atom stereocenters. The number of nitrogens with one attached hydrogen (secondary N) is 1. The summed E-state index contributed by atoms with van der Waals surface area (Å²) in [6.07, 6.45) is 0.952. The van der Waals surface area contributed by atoms with E-state index in [0.29, 0.717) is 0 Å². The molecule has 1 aromatic rings. The first-order chi connectivity index (χ1) is 5.79. The van der Waals surface area contributed by atoms with E-state index < -0.39 is 0 Å². The van der Waals surface area contributed by atoms with E-state index in [1.165, 1.54) is 16.8 Å². The fourth-order valence-electron chi connectivity index (χ4n) is 1.68. The van der Waals surface area contributed by atoms with Gasteiger partial charge in [0.2, 0.25) is 0 Å². The number of aliphatic hydroxyl groups excluding tert-OH is 1. The van der Waals surface area contributed by atoms with Crippen LogP contribution in [0.2, 0.25) is 0 Å². The van der Waals surface area contributed by atoms with Gasteiger partial charge in [0, 0.05) is 5.69 Å². The maximum atomic E-state index is 8.94. The average molecular weight is 163 g/mol. The molecule has 0 radical (unpaired) electrons. The van der Waals surface area contributed by atoms with Crippen LogP contribution in [0.25, 0.3) is 0 Å². The molecule has 0 aliphatic carbocycles. The van der Waals surface area contributed by atoms with Crippen molar-refractivity contribution in [2.24, 2.45) is 0 Å². The summed E-state index contributed by atoms with van der Waals surface area (Å²) in [4.78, 5) is 0. The Bertz CT molecular complexity index is 296. The van der Waals surface area contributed by atoms with Crippen LogP contribution in [-0.2, 0) is 6.42 Å². The van der Waals surface area contributed by atoms with Gasteiger partial charge in [-0.1, -0.05) is 17.7 Å². The summed E-state index contributed by atoms with van der Waals surface area (Å²) in [6.45, 7) is 2.31. The summed E-state index contributed by atoms with van der Waals surface area (Å²) in [5.41, 5.74) is 3.79. The highest BCUT2D eigenvalue weighted by molar-refractivity contribution is 5.57. The van der Waals surface area contributed by atoms with E-state index in [1.54, 1.807) is 0 Å². The molecular weight excluding hydrogens is 150 g/mol. The Morgan fingerprint density at radius 2 is 2.42 bits per heavy atom. The maximum Gasteiger partial charge on any atom is 0.0636 e. The van der Waals surface area contributed by atoms with Gasteiger partial charge in [-0.05, 0) is 25.0 Å². The Hall–Kier alpha value is -1.02. The van der Waals surface area contributed by atoms with Crippen molar-refractivity contribution >= 4 is 5.69 Å². The van der Waals surface area contributed by atoms with Crippen molar-refractivity contribution in [3.8, 4) is 0 Å². The van der Waals surface area contributed by atoms with Crippen LogP contribution in [-0.4, -0.2) is 17.8 Å². The molecular formula is C10H13NO. The lowest BCUT2D eigenvalue weighted by Crippen LogP contribution is -2.19. The fraction of sp³-hybridized carbons (Fsp3) is 0.400. The van der Waals surface area contributed by atoms with Gasteiger partial charge in [-0.15, -0.1) is 0 Å². The van der Waals surface area contributed by atoms with Crippen molar-refractivity contribution in [1.29, 1.82) is 0 Å². The first kappa shape index (κ1) is 7.62. The number of fused-ring (bicyclic) bond motifs is 1. The number of rotatable bonds is 1. The van der Waals surface area contributed by atoms with E-state index in [9.17, 15) is 0 Å². The molecule has 1 aromatic carbocycles. The summed E-state index contributed by atoms with van der Waals surface area (Å²) in [6, 6.07) is 6.57. The zero-order valence-corrected chi connectivity index (χ0v) is 7.17. The summed E-state index contributed by atoms with van der Waals surface area (Å²) < 4.78 is 0. The van der Waals surface area contributed by atoms with Gasteiger partial charge in [0.25, 0.3) is 0 Å². The SMILES string of the molecule is Cc1ccc2c(c1)CC(CO)N2. The van der Waals surface area contributed by atoms with Gasteiger partial charge in [0.05, 0.1) is 12.6 Å². The molecule has 0 saturated carbocycles. The van der Waals surface area contributed by atoms with Gasteiger partial charge in [-0.25, -0.2) is 0 Å². The summed E-state index contributed by atoms with van der Waals surface area (Å²) in [5.74, 6) is 0. The minimum Gasteiger partial charge on any atom is -0.394 e. The number of aliphatic hydroxyl groups is 1. The van der Waals surface area contributed by atoms with Crippen LogP contribution in [0.5, 0.6) is 0 Å². The number of hydrogen-bond acceptors (Lipinski definition) is 2. The second kappa shape index (κ2) is 2.79. The smallest absolute Gasteiger partial charge is 0.0636 e. The highest BCUT2D eigenvalue weighted by Gasteiger charge is 2.18. The Kier molecular flexibility index (Phi) is 1.77. The third kappa shape index (κ3) is 1.18. The summed E-state index contributed by atoms with van der Waals surface area (Å²) >= 11 is 0. The lowest BCUT2D eigenvalue weighted by molar-refractivity contribution is 0.277. The van der Waals surface area contributed by atoms with E-state index in [-0.39, 0.29) is 12.6 Å². The fourth-order valence-corrected chi connectivity index (χ4v) is 1.68. The van der Waals surface area contributed by atoms with Crippen molar-refractivity contribution in [2.75, 3.05) is 11.9 Å². The number of hydrogen-bond donors (Lipinski definition) is 2. The largest absolute Gasteiger partial charge is 0.394 e. The molecule has 0 saturated heterocycles. The molecule has 2 N–H and O–H groups in total. The predicted octanol–water partition coefficient (Wildman–Crippen LogP) is 1.32. The van der Waals surface area contributed by atoms with Crippen molar-refractivity contribution in [3.63, 3.8) is 0 Å². The topological polar surface area (TPSA) is 32.3 Å². The summed E-state index contributed by atoms with van der Waals surface area (Å²) in [5, 5.41) is 12.2. The van der Waals surface area contributed by atoms with Crippen LogP contribution in [0, 0.1) is 6.92 Å². The zero-order chi connectivity index (χ0) is 8.55. The normalized spacial score (nSPS) is 20.3. The van der Waals surface area contributed by atoms with Gasteiger partial charge in [-0.3, -0.25) is 0 Å². The minimum absolute atomic E-state index is 0.216. The maximum absolute atomic E-state index is 8.94. The molecule has 64 valence electrons. The van der Waals surface area contributed by atoms with E-state index in [1.807, 2.05) is 0 Å². The van der Waals surface area contributed by atoms with Crippen LogP contribution < -0.4 is 5.32 Å². The highest BCUT2D eigenvalue weighted by Crippen LogP contribution is 2.26.